The molecule has 2 unspecified atom stereocenters. The summed E-state index contributed by atoms with van der Waals surface area (Å²) in [6.45, 7) is 0. The van der Waals surface area contributed by atoms with Crippen molar-refractivity contribution in [3.05, 3.63) is 34.3 Å². The molecule has 4 heteroatoms. The van der Waals surface area contributed by atoms with Crippen molar-refractivity contribution in [2.45, 2.75) is 18.5 Å². The van der Waals surface area contributed by atoms with Crippen molar-refractivity contribution in [1.82, 2.24) is 10.9 Å². The molecule has 0 bridgehead atoms. The Balaban J connectivity index is 2.10. The summed E-state index contributed by atoms with van der Waals surface area (Å²) >= 11 is 3.39. The van der Waals surface area contributed by atoms with Gasteiger partial charge in [0, 0.05) is 10.5 Å². The van der Waals surface area contributed by atoms with Gasteiger partial charge in [0.25, 0.3) is 0 Å². The maximum atomic E-state index is 8.71. The summed E-state index contributed by atoms with van der Waals surface area (Å²) < 4.78 is 1.07. The molecule has 1 saturated heterocycles. The van der Waals surface area contributed by atoms with E-state index in [-0.39, 0.29) is 12.1 Å². The molecule has 0 amide bonds. The Labute approximate surface area is 91.2 Å². The highest BCUT2D eigenvalue weighted by molar-refractivity contribution is 9.10. The number of hydrogen-bond acceptors (Lipinski definition) is 3. The van der Waals surface area contributed by atoms with Crippen LogP contribution < -0.4 is 10.9 Å². The minimum absolute atomic E-state index is 0.0800. The molecule has 2 rings (SSSR count). The van der Waals surface area contributed by atoms with Gasteiger partial charge in [-0.05, 0) is 24.1 Å². The first-order valence-corrected chi connectivity index (χ1v) is 5.25. The summed E-state index contributed by atoms with van der Waals surface area (Å²) in [5, 5.41) is 8.71. The van der Waals surface area contributed by atoms with Crippen molar-refractivity contribution in [3.63, 3.8) is 0 Å². The van der Waals surface area contributed by atoms with Crippen molar-refractivity contribution in [1.29, 1.82) is 5.26 Å². The molecular weight excluding hydrogens is 242 g/mol. The van der Waals surface area contributed by atoms with Crippen LogP contribution >= 0.6 is 15.9 Å². The first kappa shape index (κ1) is 9.66. The molecular formula is C10H10BrN3. The van der Waals surface area contributed by atoms with E-state index in [1.165, 1.54) is 5.56 Å². The zero-order valence-electron chi connectivity index (χ0n) is 7.50. The number of hydrazine groups is 1. The first-order chi connectivity index (χ1) is 6.79. The van der Waals surface area contributed by atoms with Gasteiger partial charge in [0.2, 0.25) is 0 Å². The van der Waals surface area contributed by atoms with E-state index in [9.17, 15) is 0 Å². The summed E-state index contributed by atoms with van der Waals surface area (Å²) in [7, 11) is 0. The molecule has 1 heterocycles. The van der Waals surface area contributed by atoms with Gasteiger partial charge in [-0.25, -0.2) is 10.9 Å². The van der Waals surface area contributed by atoms with Crippen molar-refractivity contribution in [2.24, 2.45) is 0 Å². The zero-order chi connectivity index (χ0) is 9.97. The smallest absolute Gasteiger partial charge is 0.110 e. The van der Waals surface area contributed by atoms with Crippen LogP contribution in [0.4, 0.5) is 0 Å². The average molecular weight is 252 g/mol. The fourth-order valence-corrected chi connectivity index (χ4v) is 1.82. The Kier molecular flexibility index (Phi) is 2.82. The normalized spacial score (nSPS) is 26.0. The number of rotatable bonds is 1. The van der Waals surface area contributed by atoms with Crippen LogP contribution in [0.15, 0.2) is 28.7 Å². The van der Waals surface area contributed by atoms with E-state index in [2.05, 4.69) is 45.0 Å². The number of nitrogens with one attached hydrogen (secondary N) is 2. The molecule has 2 N–H and O–H groups in total. The molecule has 0 radical (unpaired) electrons. The maximum Gasteiger partial charge on any atom is 0.110 e. The van der Waals surface area contributed by atoms with Gasteiger partial charge in [0.1, 0.15) is 6.04 Å². The molecule has 72 valence electrons. The number of halogens is 1. The SMILES string of the molecule is N#CC1CC(c2ccc(Br)cc2)NN1. The van der Waals surface area contributed by atoms with Crippen LogP contribution in [0.2, 0.25) is 0 Å². The third-order valence-corrected chi connectivity index (χ3v) is 2.86. The van der Waals surface area contributed by atoms with Gasteiger partial charge in [0.15, 0.2) is 0 Å². The lowest BCUT2D eigenvalue weighted by Gasteiger charge is -2.08. The fraction of sp³-hybridized carbons (Fsp3) is 0.300. The standard InChI is InChI=1S/C10H10BrN3/c11-8-3-1-7(2-4-8)10-5-9(6-12)13-14-10/h1-4,9-10,13-14H,5H2. The van der Waals surface area contributed by atoms with Crippen molar-refractivity contribution in [3.8, 4) is 6.07 Å². The maximum absolute atomic E-state index is 8.71. The van der Waals surface area contributed by atoms with E-state index in [1.54, 1.807) is 0 Å². The minimum atomic E-state index is -0.0800. The second kappa shape index (κ2) is 4.09. The molecule has 1 fully saturated rings. The number of nitriles is 1. The van der Waals surface area contributed by atoms with Crippen LogP contribution in [0, 0.1) is 11.3 Å². The zero-order valence-corrected chi connectivity index (χ0v) is 9.08. The van der Waals surface area contributed by atoms with Crippen LogP contribution in [0.3, 0.4) is 0 Å². The molecule has 14 heavy (non-hydrogen) atoms. The monoisotopic (exact) mass is 251 g/mol. The molecule has 0 aromatic heterocycles. The highest BCUT2D eigenvalue weighted by Crippen LogP contribution is 2.23. The Morgan fingerprint density at radius 3 is 2.57 bits per heavy atom. The van der Waals surface area contributed by atoms with Crippen molar-refractivity contribution < 1.29 is 0 Å². The van der Waals surface area contributed by atoms with Crippen molar-refractivity contribution in [2.75, 3.05) is 0 Å². The lowest BCUT2D eigenvalue weighted by atomic mass is 10.0. The summed E-state index contributed by atoms with van der Waals surface area (Å²) in [6, 6.07) is 10.5. The van der Waals surface area contributed by atoms with E-state index in [1.807, 2.05) is 12.1 Å². The highest BCUT2D eigenvalue weighted by atomic mass is 79.9. The Bertz CT molecular complexity index is 355. The van der Waals surface area contributed by atoms with E-state index in [0.29, 0.717) is 0 Å². The third-order valence-electron chi connectivity index (χ3n) is 2.33. The van der Waals surface area contributed by atoms with Crippen LogP contribution in [0.1, 0.15) is 18.0 Å². The van der Waals surface area contributed by atoms with E-state index < -0.39 is 0 Å². The third kappa shape index (κ3) is 1.95. The van der Waals surface area contributed by atoms with E-state index in [0.717, 1.165) is 10.9 Å². The van der Waals surface area contributed by atoms with Gasteiger partial charge < -0.3 is 0 Å². The number of nitrogens with zero attached hydrogens (tertiary/aromatic N) is 1. The summed E-state index contributed by atoms with van der Waals surface area (Å²) in [5.41, 5.74) is 7.26. The molecule has 1 aromatic carbocycles. The largest absolute Gasteiger partial charge is 0.249 e. The van der Waals surface area contributed by atoms with E-state index >= 15 is 0 Å². The van der Waals surface area contributed by atoms with Crippen LogP contribution in [-0.4, -0.2) is 6.04 Å². The second-order valence-electron chi connectivity index (χ2n) is 3.31. The van der Waals surface area contributed by atoms with Gasteiger partial charge in [-0.2, -0.15) is 5.26 Å². The van der Waals surface area contributed by atoms with Gasteiger partial charge in [-0.3, -0.25) is 0 Å². The molecule has 0 aliphatic carbocycles. The predicted molar refractivity (Wildman–Crippen MR) is 57.2 cm³/mol. The number of hydrogen-bond donors (Lipinski definition) is 2. The van der Waals surface area contributed by atoms with Gasteiger partial charge >= 0.3 is 0 Å². The molecule has 0 saturated carbocycles. The topological polar surface area (TPSA) is 47.9 Å². The Morgan fingerprint density at radius 2 is 2.00 bits per heavy atom. The molecule has 2 atom stereocenters. The van der Waals surface area contributed by atoms with Crippen molar-refractivity contribution >= 4 is 15.9 Å². The molecule has 0 spiro atoms. The first-order valence-electron chi connectivity index (χ1n) is 4.46. The molecule has 1 aromatic rings. The summed E-state index contributed by atoms with van der Waals surface area (Å²) in [5.74, 6) is 0. The Hall–Kier alpha value is -0.890. The van der Waals surface area contributed by atoms with Crippen LogP contribution in [-0.2, 0) is 0 Å². The number of benzene rings is 1. The van der Waals surface area contributed by atoms with E-state index in [4.69, 9.17) is 5.26 Å². The Morgan fingerprint density at radius 1 is 1.29 bits per heavy atom. The predicted octanol–water partition coefficient (Wildman–Crippen LogP) is 1.88. The van der Waals surface area contributed by atoms with Gasteiger partial charge in [-0.1, -0.05) is 28.1 Å². The molecule has 1 aliphatic heterocycles. The quantitative estimate of drug-likeness (QED) is 0.802. The summed E-state index contributed by atoms with van der Waals surface area (Å²) in [6.07, 6.45) is 0.818. The lowest BCUT2D eigenvalue weighted by Crippen LogP contribution is -2.29. The highest BCUT2D eigenvalue weighted by Gasteiger charge is 2.24. The minimum Gasteiger partial charge on any atom is -0.249 e. The average Bonchev–Trinajstić information content (AvgIpc) is 2.67. The van der Waals surface area contributed by atoms with Crippen LogP contribution in [0.25, 0.3) is 0 Å². The lowest BCUT2D eigenvalue weighted by molar-refractivity contribution is 0.573. The molecule has 3 nitrogen and oxygen atoms in total. The molecule has 1 aliphatic rings. The van der Waals surface area contributed by atoms with Gasteiger partial charge in [0.05, 0.1) is 6.07 Å². The second-order valence-corrected chi connectivity index (χ2v) is 4.23. The van der Waals surface area contributed by atoms with Crippen LogP contribution in [0.5, 0.6) is 0 Å². The fourth-order valence-electron chi connectivity index (χ4n) is 1.55. The summed E-state index contributed by atoms with van der Waals surface area (Å²) in [4.78, 5) is 0. The van der Waals surface area contributed by atoms with Gasteiger partial charge in [-0.15, -0.1) is 0 Å².